The van der Waals surface area contributed by atoms with Crippen molar-refractivity contribution >= 4 is 17.6 Å². The number of ether oxygens (including phenoxy) is 1. The van der Waals surface area contributed by atoms with Crippen molar-refractivity contribution in [3.05, 3.63) is 18.0 Å². The zero-order valence-electron chi connectivity index (χ0n) is 11.8. The molecule has 1 rings (SSSR count). The molecule has 3 N–H and O–H groups in total. The van der Waals surface area contributed by atoms with E-state index < -0.39 is 12.1 Å². The summed E-state index contributed by atoms with van der Waals surface area (Å²) in [6.45, 7) is 5.40. The fourth-order valence-corrected chi connectivity index (χ4v) is 1.53. The largest absolute Gasteiger partial charge is 0.448 e. The second-order valence-electron chi connectivity index (χ2n) is 4.64. The van der Waals surface area contributed by atoms with Crippen molar-refractivity contribution in [1.82, 2.24) is 9.88 Å². The molecule has 0 aliphatic carbocycles. The molecule has 19 heavy (non-hydrogen) atoms. The fourth-order valence-electron chi connectivity index (χ4n) is 1.53. The molecule has 0 spiro atoms. The molecule has 0 saturated carbocycles. The number of esters is 1. The number of aromatic nitrogens is 1. The van der Waals surface area contributed by atoms with Gasteiger partial charge in [0.15, 0.2) is 6.10 Å². The first-order valence-electron chi connectivity index (χ1n) is 6.28. The quantitative estimate of drug-likeness (QED) is 0.781. The second kappa shape index (κ2) is 6.26. The molecule has 0 radical (unpaired) electrons. The molecule has 0 aliphatic rings. The first-order valence-corrected chi connectivity index (χ1v) is 6.28. The van der Waals surface area contributed by atoms with Crippen molar-refractivity contribution in [3.63, 3.8) is 0 Å². The van der Waals surface area contributed by atoms with Gasteiger partial charge in [0.05, 0.1) is 5.69 Å². The van der Waals surface area contributed by atoms with Crippen molar-refractivity contribution in [2.75, 3.05) is 5.73 Å². The van der Waals surface area contributed by atoms with Crippen LogP contribution in [0.15, 0.2) is 12.3 Å². The van der Waals surface area contributed by atoms with Crippen LogP contribution in [0.5, 0.6) is 0 Å². The smallest absolute Gasteiger partial charge is 0.355 e. The monoisotopic (exact) mass is 267 g/mol. The Kier molecular flexibility index (Phi) is 4.97. The van der Waals surface area contributed by atoms with Gasteiger partial charge < -0.3 is 20.4 Å². The lowest BCUT2D eigenvalue weighted by Crippen LogP contribution is -2.40. The number of nitrogens with two attached hydrogens (primary N) is 1. The number of hydrogen-bond acceptors (Lipinski definition) is 4. The van der Waals surface area contributed by atoms with Gasteiger partial charge in [-0.05, 0) is 26.3 Å². The summed E-state index contributed by atoms with van der Waals surface area (Å²) in [6, 6.07) is 1.57. The lowest BCUT2D eigenvalue weighted by Gasteiger charge is -2.16. The van der Waals surface area contributed by atoms with Crippen LogP contribution >= 0.6 is 0 Å². The number of rotatable bonds is 5. The summed E-state index contributed by atoms with van der Waals surface area (Å²) < 4.78 is 6.68. The van der Waals surface area contributed by atoms with Gasteiger partial charge in [0.25, 0.3) is 5.91 Å². The van der Waals surface area contributed by atoms with Gasteiger partial charge in [-0.15, -0.1) is 0 Å². The van der Waals surface area contributed by atoms with E-state index in [1.54, 1.807) is 24.7 Å². The Morgan fingerprint density at radius 1 is 1.47 bits per heavy atom. The predicted molar refractivity (Wildman–Crippen MR) is 72.6 cm³/mol. The molecule has 0 bridgehead atoms. The van der Waals surface area contributed by atoms with Crippen LogP contribution in [0.4, 0.5) is 5.69 Å². The summed E-state index contributed by atoms with van der Waals surface area (Å²) in [7, 11) is 1.69. The standard InChI is InChI=1S/C13H21N3O3/c1-5-8(2)15-12(17)9(3)19-13(18)11-6-10(14)7-16(11)4/h6-9H,5,14H2,1-4H3,(H,15,17). The minimum atomic E-state index is -0.836. The number of carbonyl (C=O) groups excluding carboxylic acids is 2. The molecule has 6 heteroatoms. The topological polar surface area (TPSA) is 86.3 Å². The molecule has 1 aromatic rings. The number of nitrogens with zero attached hydrogens (tertiary/aromatic N) is 1. The Morgan fingerprint density at radius 3 is 2.58 bits per heavy atom. The Balaban J connectivity index is 2.61. The zero-order valence-corrected chi connectivity index (χ0v) is 11.8. The first kappa shape index (κ1) is 15.1. The highest BCUT2D eigenvalue weighted by atomic mass is 16.5. The lowest BCUT2D eigenvalue weighted by molar-refractivity contribution is -0.129. The normalized spacial score (nSPS) is 13.7. The third-order valence-electron chi connectivity index (χ3n) is 2.89. The van der Waals surface area contributed by atoms with Crippen LogP contribution in [-0.2, 0) is 16.6 Å². The molecule has 2 atom stereocenters. The number of nitrogen functional groups attached to an aromatic ring is 1. The number of anilines is 1. The summed E-state index contributed by atoms with van der Waals surface area (Å²) in [4.78, 5) is 23.6. The van der Waals surface area contributed by atoms with Gasteiger partial charge in [0.2, 0.25) is 0 Å². The van der Waals surface area contributed by atoms with E-state index in [9.17, 15) is 9.59 Å². The average molecular weight is 267 g/mol. The van der Waals surface area contributed by atoms with Gasteiger partial charge in [0, 0.05) is 19.3 Å². The third kappa shape index (κ3) is 4.01. The fraction of sp³-hybridized carbons (Fsp3) is 0.538. The van der Waals surface area contributed by atoms with E-state index >= 15 is 0 Å². The number of nitrogens with one attached hydrogen (secondary N) is 1. The maximum Gasteiger partial charge on any atom is 0.355 e. The Labute approximate surface area is 112 Å². The van der Waals surface area contributed by atoms with Crippen LogP contribution in [0.1, 0.15) is 37.7 Å². The molecule has 1 aromatic heterocycles. The van der Waals surface area contributed by atoms with Gasteiger partial charge in [0.1, 0.15) is 5.69 Å². The summed E-state index contributed by atoms with van der Waals surface area (Å²) in [5.74, 6) is -0.865. The van der Waals surface area contributed by atoms with Crippen LogP contribution in [-0.4, -0.2) is 28.6 Å². The highest BCUT2D eigenvalue weighted by Gasteiger charge is 2.21. The van der Waals surface area contributed by atoms with E-state index in [1.807, 2.05) is 13.8 Å². The first-order chi connectivity index (χ1) is 8.85. The molecule has 0 fully saturated rings. The summed E-state index contributed by atoms with van der Waals surface area (Å²) >= 11 is 0. The van der Waals surface area contributed by atoms with Crippen LogP contribution < -0.4 is 11.1 Å². The van der Waals surface area contributed by atoms with Crippen molar-refractivity contribution < 1.29 is 14.3 Å². The summed E-state index contributed by atoms with van der Waals surface area (Å²) in [5, 5.41) is 2.76. The molecule has 106 valence electrons. The van der Waals surface area contributed by atoms with Crippen LogP contribution in [0, 0.1) is 0 Å². The molecule has 6 nitrogen and oxygen atoms in total. The Bertz CT molecular complexity index is 468. The predicted octanol–water partition coefficient (Wildman–Crippen LogP) is 1.07. The minimum absolute atomic E-state index is 0.0549. The highest BCUT2D eigenvalue weighted by Crippen LogP contribution is 2.11. The van der Waals surface area contributed by atoms with Crippen molar-refractivity contribution in [2.45, 2.75) is 39.3 Å². The SMILES string of the molecule is CCC(C)NC(=O)C(C)OC(=O)c1cc(N)cn1C. The van der Waals surface area contributed by atoms with Gasteiger partial charge in [-0.3, -0.25) is 4.79 Å². The van der Waals surface area contributed by atoms with E-state index in [2.05, 4.69) is 5.32 Å². The van der Waals surface area contributed by atoms with E-state index in [4.69, 9.17) is 10.5 Å². The van der Waals surface area contributed by atoms with Crippen molar-refractivity contribution in [3.8, 4) is 0 Å². The van der Waals surface area contributed by atoms with E-state index in [0.717, 1.165) is 6.42 Å². The lowest BCUT2D eigenvalue weighted by atomic mass is 10.2. The van der Waals surface area contributed by atoms with Crippen LogP contribution in [0.2, 0.25) is 0 Å². The van der Waals surface area contributed by atoms with Gasteiger partial charge in [-0.2, -0.15) is 0 Å². The molecule has 1 heterocycles. The van der Waals surface area contributed by atoms with Crippen molar-refractivity contribution in [1.29, 1.82) is 0 Å². The molecule has 0 aromatic carbocycles. The maximum absolute atomic E-state index is 11.9. The number of hydrogen-bond donors (Lipinski definition) is 2. The van der Waals surface area contributed by atoms with Gasteiger partial charge in [-0.25, -0.2) is 4.79 Å². The number of aryl methyl sites for hydroxylation is 1. The third-order valence-corrected chi connectivity index (χ3v) is 2.89. The highest BCUT2D eigenvalue weighted by molar-refractivity contribution is 5.91. The Morgan fingerprint density at radius 2 is 2.11 bits per heavy atom. The second-order valence-corrected chi connectivity index (χ2v) is 4.64. The molecule has 1 amide bonds. The average Bonchev–Trinajstić information content (AvgIpc) is 2.68. The van der Waals surface area contributed by atoms with Crippen LogP contribution in [0.3, 0.4) is 0 Å². The molecule has 0 aliphatic heterocycles. The van der Waals surface area contributed by atoms with E-state index in [0.29, 0.717) is 11.4 Å². The number of amides is 1. The number of carbonyl (C=O) groups is 2. The molecule has 0 saturated heterocycles. The van der Waals surface area contributed by atoms with E-state index in [1.165, 1.54) is 6.07 Å². The maximum atomic E-state index is 11.9. The molecule has 2 unspecified atom stereocenters. The van der Waals surface area contributed by atoms with Crippen molar-refractivity contribution in [2.24, 2.45) is 7.05 Å². The molecular formula is C13H21N3O3. The summed E-state index contributed by atoms with van der Waals surface area (Å²) in [5.41, 5.74) is 6.38. The molecular weight excluding hydrogens is 246 g/mol. The minimum Gasteiger partial charge on any atom is -0.448 e. The van der Waals surface area contributed by atoms with Gasteiger partial charge in [-0.1, -0.05) is 6.92 Å². The summed E-state index contributed by atoms with van der Waals surface area (Å²) in [6.07, 6.45) is 1.60. The Hall–Kier alpha value is -1.98. The van der Waals surface area contributed by atoms with Crippen LogP contribution in [0.25, 0.3) is 0 Å². The zero-order chi connectivity index (χ0) is 14.6. The van der Waals surface area contributed by atoms with E-state index in [-0.39, 0.29) is 11.9 Å². The van der Waals surface area contributed by atoms with Gasteiger partial charge >= 0.3 is 5.97 Å².